The van der Waals surface area contributed by atoms with Crippen LogP contribution in [0.25, 0.3) is 27.6 Å². The summed E-state index contributed by atoms with van der Waals surface area (Å²) in [5, 5.41) is 15.7. The first kappa shape index (κ1) is 23.9. The molecule has 0 atom stereocenters. The van der Waals surface area contributed by atoms with Gasteiger partial charge in [-0.15, -0.1) is 0 Å². The Morgan fingerprint density at radius 2 is 1.65 bits per heavy atom. The number of aliphatic carboxylic acids is 1. The number of rotatable bonds is 9. The van der Waals surface area contributed by atoms with Gasteiger partial charge in [-0.1, -0.05) is 72.5 Å². The van der Waals surface area contributed by atoms with Gasteiger partial charge in [-0.2, -0.15) is 0 Å². The fourth-order valence-electron chi connectivity index (χ4n) is 3.98. The zero-order valence-corrected chi connectivity index (χ0v) is 20.1. The lowest BCUT2D eigenvalue weighted by Crippen LogP contribution is -2.31. The van der Waals surface area contributed by atoms with Crippen LogP contribution >= 0.6 is 24.0 Å². The summed E-state index contributed by atoms with van der Waals surface area (Å²) in [6.07, 6.45) is 3.07. The number of fused-ring (bicyclic) bond motifs is 2. The van der Waals surface area contributed by atoms with Gasteiger partial charge in [0.05, 0.1) is 4.91 Å². The average Bonchev–Trinajstić information content (AvgIpc) is 3.09. The van der Waals surface area contributed by atoms with Crippen LogP contribution in [-0.2, 0) is 14.4 Å². The summed E-state index contributed by atoms with van der Waals surface area (Å²) in [6.45, 7) is 0.689. The molecule has 2 amide bonds. The predicted octanol–water partition coefficient (Wildman–Crippen LogP) is 4.96. The molecule has 0 spiro atoms. The van der Waals surface area contributed by atoms with Gasteiger partial charge in [0.2, 0.25) is 5.91 Å². The summed E-state index contributed by atoms with van der Waals surface area (Å²) in [7, 11) is 0. The van der Waals surface area contributed by atoms with Gasteiger partial charge < -0.3 is 10.4 Å². The molecular formula is C26H24N2O4S2. The molecule has 0 unspecified atom stereocenters. The van der Waals surface area contributed by atoms with Crippen LogP contribution in [0, 0.1) is 0 Å². The van der Waals surface area contributed by atoms with Gasteiger partial charge in [-0.3, -0.25) is 19.3 Å². The second-order valence-corrected chi connectivity index (χ2v) is 9.69. The largest absolute Gasteiger partial charge is 0.481 e. The number of carbonyl (C=O) groups is 3. The minimum absolute atomic E-state index is 0.0230. The lowest BCUT2D eigenvalue weighted by atomic mass is 9.96. The predicted molar refractivity (Wildman–Crippen MR) is 140 cm³/mol. The Morgan fingerprint density at radius 3 is 2.29 bits per heavy atom. The third-order valence-corrected chi connectivity index (χ3v) is 7.01. The van der Waals surface area contributed by atoms with Gasteiger partial charge in [-0.05, 0) is 52.1 Å². The maximum atomic E-state index is 13.1. The molecule has 34 heavy (non-hydrogen) atoms. The number of carboxylic acids is 1. The third-order valence-electron chi connectivity index (χ3n) is 5.64. The normalized spacial score (nSPS) is 14.9. The van der Waals surface area contributed by atoms with E-state index in [0.29, 0.717) is 35.2 Å². The van der Waals surface area contributed by atoms with Gasteiger partial charge in [-0.25, -0.2) is 0 Å². The van der Waals surface area contributed by atoms with Crippen LogP contribution in [0.4, 0.5) is 0 Å². The van der Waals surface area contributed by atoms with Gasteiger partial charge in [0.1, 0.15) is 4.32 Å². The highest BCUT2D eigenvalue weighted by molar-refractivity contribution is 8.26. The first-order chi connectivity index (χ1) is 16.4. The lowest BCUT2D eigenvalue weighted by molar-refractivity contribution is -0.137. The van der Waals surface area contributed by atoms with Crippen molar-refractivity contribution in [1.82, 2.24) is 10.2 Å². The van der Waals surface area contributed by atoms with Crippen LogP contribution in [0.5, 0.6) is 0 Å². The second-order valence-electron chi connectivity index (χ2n) is 8.02. The Balaban J connectivity index is 1.46. The van der Waals surface area contributed by atoms with Crippen molar-refractivity contribution in [2.45, 2.75) is 25.7 Å². The van der Waals surface area contributed by atoms with Crippen LogP contribution < -0.4 is 5.32 Å². The minimum atomic E-state index is -0.881. The second kappa shape index (κ2) is 10.8. The van der Waals surface area contributed by atoms with Crippen molar-refractivity contribution in [2.24, 2.45) is 0 Å². The van der Waals surface area contributed by atoms with Crippen molar-refractivity contribution >= 4 is 73.7 Å². The molecule has 3 aromatic rings. The molecule has 1 aliphatic heterocycles. The molecule has 1 heterocycles. The SMILES string of the molecule is O=C(O)CCCNC(=O)CCCN1C(=O)/C(=C/c2c3ccccc3cc3ccccc23)SC1=S. The molecule has 0 radical (unpaired) electrons. The smallest absolute Gasteiger partial charge is 0.303 e. The van der Waals surface area contributed by atoms with E-state index in [-0.39, 0.29) is 24.7 Å². The maximum Gasteiger partial charge on any atom is 0.303 e. The van der Waals surface area contributed by atoms with E-state index in [2.05, 4.69) is 35.6 Å². The number of hydrogen-bond donors (Lipinski definition) is 2. The summed E-state index contributed by atoms with van der Waals surface area (Å²) in [5.74, 6) is -1.18. The van der Waals surface area contributed by atoms with Crippen molar-refractivity contribution < 1.29 is 19.5 Å². The molecule has 3 aromatic carbocycles. The molecule has 0 saturated carbocycles. The Hall–Kier alpha value is -3.23. The fraction of sp³-hybridized carbons (Fsp3) is 0.231. The minimum Gasteiger partial charge on any atom is -0.481 e. The average molecular weight is 493 g/mol. The number of carbonyl (C=O) groups excluding carboxylic acids is 2. The van der Waals surface area contributed by atoms with Gasteiger partial charge in [0, 0.05) is 25.9 Å². The van der Waals surface area contributed by atoms with Crippen LogP contribution in [0.1, 0.15) is 31.2 Å². The molecular weight excluding hydrogens is 468 g/mol. The first-order valence-electron chi connectivity index (χ1n) is 11.1. The quantitative estimate of drug-likeness (QED) is 0.190. The summed E-state index contributed by atoms with van der Waals surface area (Å²) in [5.41, 5.74) is 0.995. The number of hydrogen-bond acceptors (Lipinski definition) is 5. The Labute approximate surface area is 207 Å². The molecule has 8 heteroatoms. The lowest BCUT2D eigenvalue weighted by Gasteiger charge is -2.14. The standard InChI is InChI=1S/C26H24N2O4S2/c29-23(27-13-5-12-24(30)31)11-6-14-28-25(32)22(34-26(28)33)16-21-19-9-3-1-7-17(19)15-18-8-2-4-10-20(18)21/h1-4,7-10,15-16H,5-6,11-14H2,(H,27,29)(H,30,31)/b22-16-. The number of amides is 2. The molecule has 1 fully saturated rings. The number of nitrogens with zero attached hydrogens (tertiary/aromatic N) is 1. The van der Waals surface area contributed by atoms with Crippen LogP contribution in [0.3, 0.4) is 0 Å². The van der Waals surface area contributed by atoms with Crippen LogP contribution in [0.2, 0.25) is 0 Å². The van der Waals surface area contributed by atoms with E-state index >= 15 is 0 Å². The van der Waals surface area contributed by atoms with E-state index in [1.54, 1.807) is 4.90 Å². The number of nitrogens with one attached hydrogen (secondary N) is 1. The van der Waals surface area contributed by atoms with Gasteiger partial charge >= 0.3 is 5.97 Å². The van der Waals surface area contributed by atoms with Crippen LogP contribution in [-0.4, -0.2) is 45.2 Å². The molecule has 6 nitrogen and oxygen atoms in total. The Morgan fingerprint density at radius 1 is 1.00 bits per heavy atom. The van der Waals surface area contributed by atoms with Gasteiger partial charge in [0.25, 0.3) is 5.91 Å². The molecule has 1 saturated heterocycles. The zero-order chi connectivity index (χ0) is 24.1. The van der Waals surface area contributed by atoms with E-state index in [9.17, 15) is 14.4 Å². The number of carboxylic acid groups (broad SMARTS) is 1. The fourth-order valence-corrected chi connectivity index (χ4v) is 5.27. The molecule has 0 aromatic heterocycles. The molecule has 1 aliphatic rings. The van der Waals surface area contributed by atoms with E-state index in [0.717, 1.165) is 27.1 Å². The van der Waals surface area contributed by atoms with E-state index in [1.165, 1.54) is 11.8 Å². The monoisotopic (exact) mass is 492 g/mol. The molecule has 0 bridgehead atoms. The third kappa shape index (κ3) is 5.46. The number of thiocarbonyl (C=S) groups is 1. The summed E-state index contributed by atoms with van der Waals surface area (Å²) in [4.78, 5) is 37.8. The summed E-state index contributed by atoms with van der Waals surface area (Å²) >= 11 is 6.75. The molecule has 2 N–H and O–H groups in total. The van der Waals surface area contributed by atoms with Crippen molar-refractivity contribution in [3.8, 4) is 0 Å². The molecule has 174 valence electrons. The van der Waals surface area contributed by atoms with E-state index in [1.807, 2.05) is 30.3 Å². The Bertz CT molecular complexity index is 1260. The van der Waals surface area contributed by atoms with E-state index in [4.69, 9.17) is 17.3 Å². The van der Waals surface area contributed by atoms with Crippen molar-refractivity contribution in [2.75, 3.05) is 13.1 Å². The Kier molecular flexibility index (Phi) is 7.59. The highest BCUT2D eigenvalue weighted by Gasteiger charge is 2.32. The van der Waals surface area contributed by atoms with E-state index < -0.39 is 5.97 Å². The maximum absolute atomic E-state index is 13.1. The number of benzene rings is 3. The topological polar surface area (TPSA) is 86.7 Å². The van der Waals surface area contributed by atoms with Crippen molar-refractivity contribution in [3.63, 3.8) is 0 Å². The first-order valence-corrected chi connectivity index (χ1v) is 12.3. The number of thioether (sulfide) groups is 1. The summed E-state index contributed by atoms with van der Waals surface area (Å²) in [6, 6.07) is 18.4. The van der Waals surface area contributed by atoms with Crippen molar-refractivity contribution in [3.05, 3.63) is 65.1 Å². The highest BCUT2D eigenvalue weighted by Crippen LogP contribution is 2.36. The summed E-state index contributed by atoms with van der Waals surface area (Å²) < 4.78 is 0.489. The zero-order valence-electron chi connectivity index (χ0n) is 18.5. The van der Waals surface area contributed by atoms with Crippen molar-refractivity contribution in [1.29, 1.82) is 0 Å². The van der Waals surface area contributed by atoms with Crippen LogP contribution in [0.15, 0.2) is 59.5 Å². The van der Waals surface area contributed by atoms with Gasteiger partial charge in [0.15, 0.2) is 0 Å². The molecule has 0 aliphatic carbocycles. The highest BCUT2D eigenvalue weighted by atomic mass is 32.2. The molecule has 4 rings (SSSR count).